The minimum absolute atomic E-state index is 0.0257. The second kappa shape index (κ2) is 11.5. The molecule has 0 spiro atoms. The molecule has 0 fully saturated rings. The first-order valence-corrected chi connectivity index (χ1v) is 11.7. The highest BCUT2D eigenvalue weighted by atomic mass is 35.5. The maximum absolute atomic E-state index is 12.1. The summed E-state index contributed by atoms with van der Waals surface area (Å²) in [5, 5.41) is 12.0. The Labute approximate surface area is 202 Å². The topological polar surface area (TPSA) is 98.0 Å². The third-order valence-electron chi connectivity index (χ3n) is 5.48. The minimum Gasteiger partial charge on any atom is -0.419 e. The van der Waals surface area contributed by atoms with Gasteiger partial charge in [0.15, 0.2) is 0 Å². The molecule has 174 valence electrons. The Morgan fingerprint density at radius 2 is 1.74 bits per heavy atom. The number of hydrogen-bond donors (Lipinski definition) is 1. The number of aryl methyl sites for hydroxylation is 1. The van der Waals surface area contributed by atoms with Gasteiger partial charge in [0.2, 0.25) is 17.6 Å². The monoisotopic (exact) mass is 476 g/mol. The van der Waals surface area contributed by atoms with Gasteiger partial charge in [0.05, 0.1) is 12.1 Å². The van der Waals surface area contributed by atoms with E-state index in [-0.39, 0.29) is 18.9 Å². The van der Waals surface area contributed by atoms with E-state index in [1.807, 2.05) is 42.5 Å². The number of carbonyl (C=O) groups is 2. The van der Waals surface area contributed by atoms with E-state index in [1.54, 1.807) is 6.07 Å². The number of pyridine rings is 1. The number of nitrogens with zero attached hydrogens (tertiary/aromatic N) is 3. The SMILES string of the molecule is O=C(CCCCCCc1ccc2nc(Cl)ccc2c1)C(=O)NCc1nnc(-c2ccccc2)o1. The highest BCUT2D eigenvalue weighted by Crippen LogP contribution is 2.19. The zero-order valence-corrected chi connectivity index (χ0v) is 19.4. The van der Waals surface area contributed by atoms with Gasteiger partial charge in [-0.2, -0.15) is 0 Å². The van der Waals surface area contributed by atoms with E-state index >= 15 is 0 Å². The molecule has 0 bridgehead atoms. The number of nitrogens with one attached hydrogen (secondary N) is 1. The molecule has 0 aliphatic rings. The van der Waals surface area contributed by atoms with Crippen molar-refractivity contribution < 1.29 is 14.0 Å². The number of fused-ring (bicyclic) bond motifs is 1. The molecule has 34 heavy (non-hydrogen) atoms. The summed E-state index contributed by atoms with van der Waals surface area (Å²) in [6.07, 6.45) is 4.79. The van der Waals surface area contributed by atoms with Gasteiger partial charge >= 0.3 is 0 Å². The van der Waals surface area contributed by atoms with E-state index in [0.717, 1.165) is 42.1 Å². The average Bonchev–Trinajstić information content (AvgIpc) is 3.34. The van der Waals surface area contributed by atoms with Crippen molar-refractivity contribution in [2.45, 2.75) is 45.1 Å². The summed E-state index contributed by atoms with van der Waals surface area (Å²) in [7, 11) is 0. The van der Waals surface area contributed by atoms with Gasteiger partial charge in [-0.1, -0.05) is 48.7 Å². The van der Waals surface area contributed by atoms with Crippen molar-refractivity contribution >= 4 is 34.2 Å². The third kappa shape index (κ3) is 6.48. The molecule has 0 unspecified atom stereocenters. The van der Waals surface area contributed by atoms with Crippen LogP contribution in [0.5, 0.6) is 0 Å². The first-order chi connectivity index (χ1) is 16.6. The van der Waals surface area contributed by atoms with Crippen molar-refractivity contribution in [1.82, 2.24) is 20.5 Å². The lowest BCUT2D eigenvalue weighted by atomic mass is 10.0. The van der Waals surface area contributed by atoms with Crippen LogP contribution in [0.1, 0.15) is 43.6 Å². The molecule has 2 aromatic heterocycles. The normalized spacial score (nSPS) is 11.0. The fraction of sp³-hybridized carbons (Fsp3) is 0.269. The molecule has 4 rings (SSSR count). The van der Waals surface area contributed by atoms with Gasteiger partial charge in [-0.05, 0) is 61.2 Å². The Morgan fingerprint density at radius 3 is 2.59 bits per heavy atom. The molecule has 0 atom stereocenters. The van der Waals surface area contributed by atoms with Crippen molar-refractivity contribution in [1.29, 1.82) is 0 Å². The Balaban J connectivity index is 1.12. The summed E-state index contributed by atoms with van der Waals surface area (Å²) in [5.74, 6) is -0.415. The smallest absolute Gasteiger partial charge is 0.287 e. The van der Waals surface area contributed by atoms with E-state index in [2.05, 4.69) is 32.6 Å². The Hall–Kier alpha value is -3.58. The number of unbranched alkanes of at least 4 members (excludes halogenated alkanes) is 3. The zero-order valence-electron chi connectivity index (χ0n) is 18.7. The lowest BCUT2D eigenvalue weighted by molar-refractivity contribution is -0.138. The molecule has 2 aromatic carbocycles. The first kappa shape index (κ1) is 23.6. The Kier molecular flexibility index (Phi) is 7.99. The fourth-order valence-corrected chi connectivity index (χ4v) is 3.82. The number of hydrogen-bond acceptors (Lipinski definition) is 6. The van der Waals surface area contributed by atoms with Crippen molar-refractivity contribution in [3.8, 4) is 11.5 Å². The maximum atomic E-state index is 12.1. The highest BCUT2D eigenvalue weighted by Gasteiger charge is 2.15. The van der Waals surface area contributed by atoms with E-state index in [4.69, 9.17) is 16.0 Å². The molecule has 1 N–H and O–H groups in total. The number of carbonyl (C=O) groups excluding carboxylic acids is 2. The molecule has 1 amide bonds. The molecule has 0 aliphatic heterocycles. The zero-order chi connectivity index (χ0) is 23.8. The molecule has 8 heteroatoms. The molecule has 0 saturated carbocycles. The predicted molar refractivity (Wildman–Crippen MR) is 130 cm³/mol. The fourth-order valence-electron chi connectivity index (χ4n) is 3.66. The van der Waals surface area contributed by atoms with Crippen LogP contribution in [0.2, 0.25) is 5.15 Å². The summed E-state index contributed by atoms with van der Waals surface area (Å²) >= 11 is 5.93. The highest BCUT2D eigenvalue weighted by molar-refractivity contribution is 6.36. The maximum Gasteiger partial charge on any atom is 0.287 e. The van der Waals surface area contributed by atoms with Gasteiger partial charge in [-0.15, -0.1) is 10.2 Å². The lowest BCUT2D eigenvalue weighted by Gasteiger charge is -2.05. The summed E-state index contributed by atoms with van der Waals surface area (Å²) in [5.41, 5.74) is 2.94. The summed E-state index contributed by atoms with van der Waals surface area (Å²) < 4.78 is 5.53. The summed E-state index contributed by atoms with van der Waals surface area (Å²) in [4.78, 5) is 28.5. The summed E-state index contributed by atoms with van der Waals surface area (Å²) in [6.45, 7) is 0.0257. The Morgan fingerprint density at radius 1 is 0.912 bits per heavy atom. The molecule has 7 nitrogen and oxygen atoms in total. The van der Waals surface area contributed by atoms with Crippen LogP contribution >= 0.6 is 11.6 Å². The number of aromatic nitrogens is 3. The van der Waals surface area contributed by atoms with Crippen molar-refractivity contribution in [2.75, 3.05) is 0 Å². The van der Waals surface area contributed by atoms with Crippen molar-refractivity contribution in [3.63, 3.8) is 0 Å². The van der Waals surface area contributed by atoms with E-state index < -0.39 is 11.7 Å². The lowest BCUT2D eigenvalue weighted by Crippen LogP contribution is -2.30. The van der Waals surface area contributed by atoms with Gasteiger partial charge in [-0.25, -0.2) is 4.98 Å². The second-order valence-corrected chi connectivity index (χ2v) is 8.44. The number of amides is 1. The quantitative estimate of drug-likeness (QED) is 0.179. The van der Waals surface area contributed by atoms with Gasteiger partial charge in [0.1, 0.15) is 5.15 Å². The number of halogens is 1. The van der Waals surface area contributed by atoms with Gasteiger partial charge in [-0.3, -0.25) is 9.59 Å². The van der Waals surface area contributed by atoms with Crippen LogP contribution < -0.4 is 5.32 Å². The van der Waals surface area contributed by atoms with Crippen LogP contribution in [0.3, 0.4) is 0 Å². The molecule has 2 heterocycles. The third-order valence-corrected chi connectivity index (χ3v) is 5.69. The largest absolute Gasteiger partial charge is 0.419 e. The second-order valence-electron chi connectivity index (χ2n) is 8.05. The minimum atomic E-state index is -0.621. The molecule has 4 aromatic rings. The van der Waals surface area contributed by atoms with E-state index in [1.165, 1.54) is 5.56 Å². The van der Waals surface area contributed by atoms with Gasteiger partial charge < -0.3 is 9.73 Å². The van der Waals surface area contributed by atoms with E-state index in [9.17, 15) is 9.59 Å². The number of benzene rings is 2. The number of ketones is 1. The van der Waals surface area contributed by atoms with Crippen LogP contribution in [0.4, 0.5) is 0 Å². The molecular formula is C26H25ClN4O3. The number of Topliss-reactive ketones (excluding diaryl/α,β-unsaturated/α-hetero) is 1. The van der Waals surface area contributed by atoms with Gasteiger partial charge in [0, 0.05) is 17.4 Å². The van der Waals surface area contributed by atoms with Crippen LogP contribution in [0.15, 0.2) is 65.1 Å². The van der Waals surface area contributed by atoms with Crippen LogP contribution in [0, 0.1) is 0 Å². The van der Waals surface area contributed by atoms with Crippen LogP contribution in [-0.2, 0) is 22.6 Å². The average molecular weight is 477 g/mol. The molecule has 0 aliphatic carbocycles. The molecule has 0 saturated heterocycles. The molecular weight excluding hydrogens is 452 g/mol. The standard InChI is InChI=1S/C26H25ClN4O3/c27-23-15-13-20-16-18(12-14-21(20)29-23)8-4-1-2-7-11-22(32)25(33)28-17-24-30-31-26(34-24)19-9-5-3-6-10-19/h3,5-6,9-10,12-16H,1-2,4,7-8,11,17H2,(H,28,33). The van der Waals surface area contributed by atoms with Gasteiger partial charge in [0.25, 0.3) is 5.91 Å². The Bertz CT molecular complexity index is 1270. The summed E-state index contributed by atoms with van der Waals surface area (Å²) in [6, 6.07) is 19.3. The molecule has 0 radical (unpaired) electrons. The predicted octanol–water partition coefficient (Wildman–Crippen LogP) is 5.32. The van der Waals surface area contributed by atoms with Crippen molar-refractivity contribution in [2.24, 2.45) is 0 Å². The van der Waals surface area contributed by atoms with Crippen molar-refractivity contribution in [3.05, 3.63) is 77.3 Å². The van der Waals surface area contributed by atoms with Crippen LogP contribution in [-0.4, -0.2) is 26.9 Å². The van der Waals surface area contributed by atoms with Crippen LogP contribution in [0.25, 0.3) is 22.4 Å². The first-order valence-electron chi connectivity index (χ1n) is 11.3. The van der Waals surface area contributed by atoms with E-state index in [0.29, 0.717) is 17.5 Å². The number of rotatable bonds is 11.